The summed E-state index contributed by atoms with van der Waals surface area (Å²) in [5.74, 6) is -1.30. The second kappa shape index (κ2) is 9.00. The van der Waals surface area contributed by atoms with Crippen molar-refractivity contribution in [1.82, 2.24) is 15.6 Å². The SMILES string of the molecule is CCOC(=O)[C@@H](C)NC(=O)CNC(=O)[C@H]([NH3+])Cc1c[nH]c2ccccc12. The van der Waals surface area contributed by atoms with Crippen LogP contribution in [0, 0.1) is 0 Å². The lowest BCUT2D eigenvalue weighted by atomic mass is 10.1. The summed E-state index contributed by atoms with van der Waals surface area (Å²) in [6.45, 7) is 3.24. The Labute approximate surface area is 151 Å². The Morgan fingerprint density at radius 3 is 2.73 bits per heavy atom. The lowest BCUT2D eigenvalue weighted by Gasteiger charge is -2.13. The second-order valence-electron chi connectivity index (χ2n) is 6.02. The molecule has 0 bridgehead atoms. The van der Waals surface area contributed by atoms with E-state index < -0.39 is 24.0 Å². The number of carbonyl (C=O) groups is 3. The molecule has 1 heterocycles. The highest BCUT2D eigenvalue weighted by molar-refractivity contribution is 5.90. The predicted octanol–water partition coefficient (Wildman–Crippen LogP) is -0.495. The molecular formula is C18H25N4O4+. The van der Waals surface area contributed by atoms with Crippen LogP contribution in [-0.4, -0.2) is 48.0 Å². The van der Waals surface area contributed by atoms with Crippen molar-refractivity contribution in [2.45, 2.75) is 32.4 Å². The molecule has 2 rings (SSSR count). The molecule has 1 aromatic carbocycles. The molecule has 0 fully saturated rings. The van der Waals surface area contributed by atoms with Crippen LogP contribution >= 0.6 is 0 Å². The Morgan fingerprint density at radius 2 is 2.00 bits per heavy atom. The molecule has 0 aliphatic carbocycles. The summed E-state index contributed by atoms with van der Waals surface area (Å²) in [7, 11) is 0. The normalized spacial score (nSPS) is 13.0. The average molecular weight is 361 g/mol. The molecule has 0 spiro atoms. The van der Waals surface area contributed by atoms with E-state index in [1.54, 1.807) is 6.92 Å². The van der Waals surface area contributed by atoms with Gasteiger partial charge in [-0.05, 0) is 25.5 Å². The molecule has 0 unspecified atom stereocenters. The third kappa shape index (κ3) is 5.06. The van der Waals surface area contributed by atoms with Gasteiger partial charge in [0.25, 0.3) is 5.91 Å². The summed E-state index contributed by atoms with van der Waals surface area (Å²) < 4.78 is 4.81. The molecule has 2 aromatic rings. The van der Waals surface area contributed by atoms with Crippen LogP contribution in [0.2, 0.25) is 0 Å². The minimum Gasteiger partial charge on any atom is -0.464 e. The first-order chi connectivity index (χ1) is 12.4. The van der Waals surface area contributed by atoms with Crippen molar-refractivity contribution in [2.24, 2.45) is 0 Å². The maximum atomic E-state index is 12.2. The highest BCUT2D eigenvalue weighted by atomic mass is 16.5. The van der Waals surface area contributed by atoms with Crippen LogP contribution < -0.4 is 16.4 Å². The lowest BCUT2D eigenvalue weighted by Crippen LogP contribution is -2.68. The number of hydrogen-bond acceptors (Lipinski definition) is 4. The van der Waals surface area contributed by atoms with E-state index in [1.807, 2.05) is 30.5 Å². The van der Waals surface area contributed by atoms with Crippen molar-refractivity contribution in [3.63, 3.8) is 0 Å². The molecule has 140 valence electrons. The fourth-order valence-electron chi connectivity index (χ4n) is 2.59. The van der Waals surface area contributed by atoms with E-state index in [0.29, 0.717) is 6.42 Å². The number of benzene rings is 1. The van der Waals surface area contributed by atoms with Crippen LogP contribution in [-0.2, 0) is 25.5 Å². The average Bonchev–Trinajstić information content (AvgIpc) is 3.02. The Morgan fingerprint density at radius 1 is 1.27 bits per heavy atom. The zero-order chi connectivity index (χ0) is 19.1. The summed E-state index contributed by atoms with van der Waals surface area (Å²) in [5.41, 5.74) is 5.88. The molecule has 0 aliphatic heterocycles. The topological polar surface area (TPSA) is 128 Å². The summed E-state index contributed by atoms with van der Waals surface area (Å²) in [6.07, 6.45) is 2.32. The Balaban J connectivity index is 1.81. The first kappa shape index (κ1) is 19.5. The van der Waals surface area contributed by atoms with E-state index in [-0.39, 0.29) is 19.1 Å². The molecule has 2 amide bonds. The van der Waals surface area contributed by atoms with E-state index in [2.05, 4.69) is 21.4 Å². The molecule has 0 saturated carbocycles. The molecule has 0 radical (unpaired) electrons. The van der Waals surface area contributed by atoms with Gasteiger partial charge < -0.3 is 26.1 Å². The van der Waals surface area contributed by atoms with Gasteiger partial charge in [0.15, 0.2) is 6.04 Å². The Kier molecular flexibility index (Phi) is 6.74. The van der Waals surface area contributed by atoms with E-state index in [1.165, 1.54) is 6.92 Å². The van der Waals surface area contributed by atoms with Gasteiger partial charge in [0.05, 0.1) is 13.2 Å². The maximum absolute atomic E-state index is 12.2. The smallest absolute Gasteiger partial charge is 0.328 e. The quantitative estimate of drug-likeness (QED) is 0.473. The molecule has 0 aliphatic rings. The van der Waals surface area contributed by atoms with Crippen molar-refractivity contribution in [3.8, 4) is 0 Å². The van der Waals surface area contributed by atoms with Gasteiger partial charge >= 0.3 is 5.97 Å². The van der Waals surface area contributed by atoms with Crippen molar-refractivity contribution in [2.75, 3.05) is 13.2 Å². The number of carbonyl (C=O) groups excluding carboxylic acids is 3. The zero-order valence-corrected chi connectivity index (χ0v) is 15.0. The summed E-state index contributed by atoms with van der Waals surface area (Å²) in [4.78, 5) is 38.6. The highest BCUT2D eigenvalue weighted by Crippen LogP contribution is 2.18. The van der Waals surface area contributed by atoms with Gasteiger partial charge in [0.1, 0.15) is 6.04 Å². The van der Waals surface area contributed by atoms with E-state index in [0.717, 1.165) is 16.5 Å². The number of H-pyrrole nitrogens is 1. The van der Waals surface area contributed by atoms with Crippen LogP contribution in [0.25, 0.3) is 10.9 Å². The minimum atomic E-state index is -0.763. The molecule has 26 heavy (non-hydrogen) atoms. The summed E-state index contributed by atoms with van der Waals surface area (Å²) >= 11 is 0. The number of rotatable bonds is 8. The van der Waals surface area contributed by atoms with Gasteiger partial charge in [-0.25, -0.2) is 4.79 Å². The first-order valence-electron chi connectivity index (χ1n) is 8.54. The third-order valence-corrected chi connectivity index (χ3v) is 3.95. The number of para-hydroxylation sites is 1. The fourth-order valence-corrected chi connectivity index (χ4v) is 2.59. The molecule has 8 heteroatoms. The Hall–Kier alpha value is -2.87. The number of esters is 1. The number of amides is 2. The number of nitrogens with one attached hydrogen (secondary N) is 3. The van der Waals surface area contributed by atoms with Gasteiger partial charge in [0, 0.05) is 23.5 Å². The van der Waals surface area contributed by atoms with E-state index in [4.69, 9.17) is 4.74 Å². The van der Waals surface area contributed by atoms with Gasteiger partial charge in [-0.15, -0.1) is 0 Å². The van der Waals surface area contributed by atoms with Crippen LogP contribution in [0.3, 0.4) is 0 Å². The van der Waals surface area contributed by atoms with Crippen molar-refractivity contribution in [3.05, 3.63) is 36.0 Å². The lowest BCUT2D eigenvalue weighted by molar-refractivity contribution is -0.403. The first-order valence-corrected chi connectivity index (χ1v) is 8.54. The minimum absolute atomic E-state index is 0.220. The molecule has 1 aromatic heterocycles. The van der Waals surface area contributed by atoms with Gasteiger partial charge in [-0.1, -0.05) is 18.2 Å². The van der Waals surface area contributed by atoms with Gasteiger partial charge in [-0.2, -0.15) is 0 Å². The van der Waals surface area contributed by atoms with Gasteiger partial charge in [0.2, 0.25) is 5.91 Å². The largest absolute Gasteiger partial charge is 0.464 e. The number of hydrogen-bond donors (Lipinski definition) is 4. The van der Waals surface area contributed by atoms with Gasteiger partial charge in [-0.3, -0.25) is 9.59 Å². The molecule has 8 nitrogen and oxygen atoms in total. The number of quaternary nitrogens is 1. The number of fused-ring (bicyclic) bond motifs is 1. The summed E-state index contributed by atoms with van der Waals surface area (Å²) in [5, 5.41) is 6.07. The van der Waals surface area contributed by atoms with Crippen molar-refractivity contribution in [1.29, 1.82) is 0 Å². The molecule has 6 N–H and O–H groups in total. The third-order valence-electron chi connectivity index (χ3n) is 3.95. The standard InChI is InChI=1S/C18H24N4O4/c1-3-26-18(25)11(2)22-16(23)10-21-17(24)14(19)8-12-9-20-15-7-5-4-6-13(12)15/h4-7,9,11,14,20H,3,8,10,19H2,1-2H3,(H,21,24)(H,22,23)/p+1/t11-,14-/m1/s1. The van der Waals surface area contributed by atoms with Crippen LogP contribution in [0.1, 0.15) is 19.4 Å². The highest BCUT2D eigenvalue weighted by Gasteiger charge is 2.21. The Bertz CT molecular complexity index is 786. The number of ether oxygens (including phenoxy) is 1. The fraction of sp³-hybridized carbons (Fsp3) is 0.389. The van der Waals surface area contributed by atoms with Crippen molar-refractivity contribution < 1.29 is 24.9 Å². The zero-order valence-electron chi connectivity index (χ0n) is 15.0. The molecular weight excluding hydrogens is 336 g/mol. The second-order valence-corrected chi connectivity index (χ2v) is 6.02. The molecule has 0 saturated heterocycles. The van der Waals surface area contributed by atoms with E-state index >= 15 is 0 Å². The summed E-state index contributed by atoms with van der Waals surface area (Å²) in [6, 6.07) is 6.52. The monoisotopic (exact) mass is 361 g/mol. The van der Waals surface area contributed by atoms with Crippen molar-refractivity contribution >= 4 is 28.7 Å². The predicted molar refractivity (Wildman–Crippen MR) is 95.9 cm³/mol. The number of aromatic amines is 1. The maximum Gasteiger partial charge on any atom is 0.328 e. The van der Waals surface area contributed by atoms with E-state index in [9.17, 15) is 14.4 Å². The van der Waals surface area contributed by atoms with Crippen LogP contribution in [0.15, 0.2) is 30.5 Å². The number of aromatic nitrogens is 1. The van der Waals surface area contributed by atoms with Crippen LogP contribution in [0.5, 0.6) is 0 Å². The van der Waals surface area contributed by atoms with Crippen LogP contribution in [0.4, 0.5) is 0 Å². The molecule has 2 atom stereocenters.